The fourth-order valence-electron chi connectivity index (χ4n) is 2.14. The third kappa shape index (κ3) is 2.36. The van der Waals surface area contributed by atoms with Crippen LogP contribution in [-0.4, -0.2) is 16.5 Å². The van der Waals surface area contributed by atoms with Gasteiger partial charge in [-0.25, -0.2) is 0 Å². The molecule has 0 aliphatic heterocycles. The first kappa shape index (κ1) is 13.3. The minimum Gasteiger partial charge on any atom is -0.493 e. The first-order valence-electron chi connectivity index (χ1n) is 6.22. The summed E-state index contributed by atoms with van der Waals surface area (Å²) in [6.45, 7) is 6.16. The molecule has 0 unspecified atom stereocenters. The van der Waals surface area contributed by atoms with Crippen molar-refractivity contribution in [3.8, 4) is 5.75 Å². The molecule has 0 amide bonds. The van der Waals surface area contributed by atoms with Gasteiger partial charge in [-0.2, -0.15) is 0 Å². The third-order valence-corrected chi connectivity index (χ3v) is 3.06. The lowest BCUT2D eigenvalue weighted by molar-refractivity contribution is -0.385. The molecule has 0 atom stereocenters. The number of benzene rings is 1. The van der Waals surface area contributed by atoms with Gasteiger partial charge < -0.3 is 4.74 Å². The van der Waals surface area contributed by atoms with Gasteiger partial charge in [-0.3, -0.25) is 15.1 Å². The van der Waals surface area contributed by atoms with E-state index < -0.39 is 0 Å². The minimum atomic E-state index is -0.363. The van der Waals surface area contributed by atoms with E-state index in [0.29, 0.717) is 17.9 Å². The van der Waals surface area contributed by atoms with Crippen LogP contribution in [-0.2, 0) is 0 Å². The van der Waals surface area contributed by atoms with Crippen LogP contribution >= 0.6 is 0 Å². The van der Waals surface area contributed by atoms with Gasteiger partial charge in [0.1, 0.15) is 5.75 Å². The molecule has 19 heavy (non-hydrogen) atoms. The van der Waals surface area contributed by atoms with E-state index in [2.05, 4.69) is 4.98 Å². The van der Waals surface area contributed by atoms with Gasteiger partial charge in [-0.15, -0.1) is 0 Å². The maximum absolute atomic E-state index is 11.1. The summed E-state index contributed by atoms with van der Waals surface area (Å²) >= 11 is 0. The summed E-state index contributed by atoms with van der Waals surface area (Å²) < 4.78 is 5.68. The zero-order valence-electron chi connectivity index (χ0n) is 11.3. The number of nitro benzene ring substituents is 1. The second-order valence-electron chi connectivity index (χ2n) is 4.48. The Morgan fingerprint density at radius 3 is 2.79 bits per heavy atom. The van der Waals surface area contributed by atoms with E-state index in [-0.39, 0.29) is 10.6 Å². The van der Waals surface area contributed by atoms with Crippen molar-refractivity contribution in [1.82, 2.24) is 4.98 Å². The number of hydrogen-bond acceptors (Lipinski definition) is 4. The molecule has 1 aromatic carbocycles. The van der Waals surface area contributed by atoms with Gasteiger partial charge in [0.25, 0.3) is 5.69 Å². The first-order chi connectivity index (χ1) is 9.06. The highest BCUT2D eigenvalue weighted by atomic mass is 16.6. The number of aromatic nitrogens is 1. The van der Waals surface area contributed by atoms with E-state index in [1.807, 2.05) is 13.8 Å². The Kier molecular flexibility index (Phi) is 3.64. The predicted molar refractivity (Wildman–Crippen MR) is 73.7 cm³/mol. The Morgan fingerprint density at radius 1 is 1.42 bits per heavy atom. The van der Waals surface area contributed by atoms with Crippen molar-refractivity contribution in [1.29, 1.82) is 0 Å². The molecule has 0 radical (unpaired) electrons. The van der Waals surface area contributed by atoms with Crippen LogP contribution in [0.2, 0.25) is 0 Å². The number of nitro groups is 1. The molecule has 2 aromatic rings. The van der Waals surface area contributed by atoms with Gasteiger partial charge in [0.15, 0.2) is 0 Å². The van der Waals surface area contributed by atoms with Crippen LogP contribution in [0.25, 0.3) is 10.9 Å². The number of nitrogens with zero attached hydrogens (tertiary/aromatic N) is 2. The highest BCUT2D eigenvalue weighted by molar-refractivity contribution is 5.93. The van der Waals surface area contributed by atoms with Gasteiger partial charge >= 0.3 is 0 Å². The van der Waals surface area contributed by atoms with Crippen molar-refractivity contribution in [3.05, 3.63) is 39.6 Å². The van der Waals surface area contributed by atoms with Crippen LogP contribution in [0.3, 0.4) is 0 Å². The van der Waals surface area contributed by atoms with E-state index in [9.17, 15) is 10.1 Å². The Balaban J connectivity index is 2.74. The summed E-state index contributed by atoms with van der Waals surface area (Å²) in [6, 6.07) is 3.32. The molecule has 2 rings (SSSR count). The van der Waals surface area contributed by atoms with E-state index in [1.165, 1.54) is 0 Å². The molecule has 5 heteroatoms. The summed E-state index contributed by atoms with van der Waals surface area (Å²) in [4.78, 5) is 15.0. The Labute approximate surface area is 111 Å². The molecular weight excluding hydrogens is 244 g/mol. The number of fused-ring (bicyclic) bond motifs is 1. The van der Waals surface area contributed by atoms with Gasteiger partial charge in [0.2, 0.25) is 0 Å². The fraction of sp³-hybridized carbons (Fsp3) is 0.357. The Hall–Kier alpha value is -2.17. The molecule has 0 bridgehead atoms. The highest BCUT2D eigenvalue weighted by Crippen LogP contribution is 2.34. The van der Waals surface area contributed by atoms with E-state index in [0.717, 1.165) is 22.9 Å². The minimum absolute atomic E-state index is 0.111. The van der Waals surface area contributed by atoms with Crippen LogP contribution in [0.4, 0.5) is 5.69 Å². The van der Waals surface area contributed by atoms with Crippen LogP contribution in [0, 0.1) is 24.0 Å². The molecule has 0 aliphatic rings. The van der Waals surface area contributed by atoms with Crippen LogP contribution < -0.4 is 4.74 Å². The SMILES string of the molecule is CCCOc1ccnc2c(C)cc([N+](=O)[O-])c(C)c12. The second kappa shape index (κ2) is 5.22. The molecule has 1 aromatic heterocycles. The van der Waals surface area contributed by atoms with E-state index >= 15 is 0 Å². The van der Waals surface area contributed by atoms with Gasteiger partial charge in [0, 0.05) is 17.8 Å². The Bertz CT molecular complexity index is 638. The maximum Gasteiger partial charge on any atom is 0.273 e. The average molecular weight is 260 g/mol. The van der Waals surface area contributed by atoms with Crippen LogP contribution in [0.5, 0.6) is 5.75 Å². The number of rotatable bonds is 4. The lowest BCUT2D eigenvalue weighted by Gasteiger charge is -2.11. The van der Waals surface area contributed by atoms with Gasteiger partial charge in [-0.05, 0) is 31.9 Å². The van der Waals surface area contributed by atoms with Crippen molar-refractivity contribution in [2.45, 2.75) is 27.2 Å². The second-order valence-corrected chi connectivity index (χ2v) is 4.48. The molecule has 0 N–H and O–H groups in total. The standard InChI is InChI=1S/C14H16N2O3/c1-4-7-19-12-5-6-15-14-9(2)8-11(16(17)18)10(3)13(12)14/h5-6,8H,4,7H2,1-3H3. The summed E-state index contributed by atoms with van der Waals surface area (Å²) in [7, 11) is 0. The van der Waals surface area contributed by atoms with Crippen molar-refractivity contribution < 1.29 is 9.66 Å². The molecule has 0 fully saturated rings. The number of hydrogen-bond donors (Lipinski definition) is 0. The summed E-state index contributed by atoms with van der Waals surface area (Å²) in [5, 5.41) is 11.8. The van der Waals surface area contributed by atoms with Crippen molar-refractivity contribution in [2.75, 3.05) is 6.61 Å². The zero-order valence-corrected chi connectivity index (χ0v) is 11.3. The zero-order chi connectivity index (χ0) is 14.0. The molecule has 0 saturated carbocycles. The van der Waals surface area contributed by atoms with Gasteiger partial charge in [0.05, 0.1) is 22.4 Å². The number of aryl methyl sites for hydroxylation is 2. The normalized spacial score (nSPS) is 10.7. The summed E-state index contributed by atoms with van der Waals surface area (Å²) in [6.07, 6.45) is 2.56. The lowest BCUT2D eigenvalue weighted by atomic mass is 10.0. The average Bonchev–Trinajstić information content (AvgIpc) is 2.39. The number of ether oxygens (including phenoxy) is 1. The largest absolute Gasteiger partial charge is 0.493 e. The van der Waals surface area contributed by atoms with Crippen molar-refractivity contribution >= 4 is 16.6 Å². The summed E-state index contributed by atoms with van der Waals surface area (Å²) in [5.41, 5.74) is 2.26. The molecule has 0 spiro atoms. The van der Waals surface area contributed by atoms with Crippen LogP contribution in [0.15, 0.2) is 18.3 Å². The summed E-state index contributed by atoms with van der Waals surface area (Å²) in [5.74, 6) is 0.663. The fourth-order valence-corrected chi connectivity index (χ4v) is 2.14. The first-order valence-corrected chi connectivity index (χ1v) is 6.22. The van der Waals surface area contributed by atoms with E-state index in [1.54, 1.807) is 25.3 Å². The third-order valence-electron chi connectivity index (χ3n) is 3.06. The molecule has 1 heterocycles. The number of pyridine rings is 1. The smallest absolute Gasteiger partial charge is 0.273 e. The van der Waals surface area contributed by atoms with Crippen molar-refractivity contribution in [3.63, 3.8) is 0 Å². The molecule has 0 saturated heterocycles. The quantitative estimate of drug-likeness (QED) is 0.623. The Morgan fingerprint density at radius 2 is 2.16 bits per heavy atom. The highest BCUT2D eigenvalue weighted by Gasteiger charge is 2.19. The molecule has 100 valence electrons. The molecular formula is C14H16N2O3. The lowest BCUT2D eigenvalue weighted by Crippen LogP contribution is -2.00. The van der Waals surface area contributed by atoms with Crippen molar-refractivity contribution in [2.24, 2.45) is 0 Å². The van der Waals surface area contributed by atoms with E-state index in [4.69, 9.17) is 4.74 Å². The molecule has 0 aliphatic carbocycles. The monoisotopic (exact) mass is 260 g/mol. The predicted octanol–water partition coefficient (Wildman–Crippen LogP) is 3.55. The maximum atomic E-state index is 11.1. The molecule has 5 nitrogen and oxygen atoms in total. The van der Waals surface area contributed by atoms with Crippen LogP contribution in [0.1, 0.15) is 24.5 Å². The topological polar surface area (TPSA) is 65.3 Å². The van der Waals surface area contributed by atoms with Gasteiger partial charge in [-0.1, -0.05) is 6.92 Å².